The summed E-state index contributed by atoms with van der Waals surface area (Å²) in [5, 5.41) is 3.74. The first-order valence-corrected chi connectivity index (χ1v) is 8.37. The normalized spacial score (nSPS) is 22.3. The van der Waals surface area contributed by atoms with Gasteiger partial charge in [-0.1, -0.05) is 6.92 Å². The van der Waals surface area contributed by atoms with Gasteiger partial charge in [-0.3, -0.25) is 4.98 Å². The van der Waals surface area contributed by atoms with Crippen molar-refractivity contribution in [2.75, 3.05) is 31.6 Å². The van der Waals surface area contributed by atoms with Crippen molar-refractivity contribution < 1.29 is 0 Å². The Morgan fingerprint density at radius 3 is 2.95 bits per heavy atom. The van der Waals surface area contributed by atoms with Crippen molar-refractivity contribution in [1.82, 2.24) is 15.2 Å². The summed E-state index contributed by atoms with van der Waals surface area (Å²) in [7, 11) is 2.26. The molecule has 1 aliphatic heterocycles. The second kappa shape index (κ2) is 7.88. The maximum atomic E-state index is 4.11. The molecule has 2 rings (SSSR count). The first-order chi connectivity index (χ1) is 9.31. The number of nitrogens with one attached hydrogen (secondary N) is 1. The van der Waals surface area contributed by atoms with Gasteiger partial charge in [-0.25, -0.2) is 0 Å². The predicted octanol–water partition coefficient (Wildman–Crippen LogP) is 2.04. The van der Waals surface area contributed by atoms with Gasteiger partial charge in [0, 0.05) is 42.5 Å². The summed E-state index contributed by atoms with van der Waals surface area (Å²) in [6.07, 6.45) is 6.08. The van der Waals surface area contributed by atoms with Crippen LogP contribution >= 0.6 is 11.8 Å². The number of likely N-dealkylation sites (N-methyl/N-ethyl adjacent to an activating group) is 1. The molecule has 19 heavy (non-hydrogen) atoms. The molecular weight excluding hydrogens is 254 g/mol. The lowest BCUT2D eigenvalue weighted by Gasteiger charge is -2.38. The number of hydrogen-bond donors (Lipinski definition) is 1. The Balaban J connectivity index is 2.02. The molecule has 1 N–H and O–H groups in total. The van der Waals surface area contributed by atoms with E-state index >= 15 is 0 Å². The summed E-state index contributed by atoms with van der Waals surface area (Å²) in [5.74, 6) is 2.51. The van der Waals surface area contributed by atoms with Crippen molar-refractivity contribution in [3.05, 3.63) is 30.1 Å². The van der Waals surface area contributed by atoms with E-state index in [9.17, 15) is 0 Å². The van der Waals surface area contributed by atoms with Crippen LogP contribution in [0.4, 0.5) is 0 Å². The van der Waals surface area contributed by atoms with Crippen molar-refractivity contribution in [2.45, 2.75) is 31.8 Å². The van der Waals surface area contributed by atoms with Crippen LogP contribution in [0.3, 0.4) is 0 Å². The predicted molar refractivity (Wildman–Crippen MR) is 83.8 cm³/mol. The van der Waals surface area contributed by atoms with Gasteiger partial charge in [0.05, 0.1) is 0 Å². The average molecular weight is 279 g/mol. The fourth-order valence-corrected chi connectivity index (χ4v) is 3.89. The quantitative estimate of drug-likeness (QED) is 0.862. The van der Waals surface area contributed by atoms with E-state index in [4.69, 9.17) is 0 Å². The van der Waals surface area contributed by atoms with Crippen molar-refractivity contribution in [2.24, 2.45) is 0 Å². The molecule has 0 bridgehead atoms. The molecule has 1 aromatic heterocycles. The zero-order valence-electron chi connectivity index (χ0n) is 12.0. The third-order valence-corrected chi connectivity index (χ3v) is 4.82. The zero-order valence-corrected chi connectivity index (χ0v) is 12.8. The van der Waals surface area contributed by atoms with E-state index in [0.29, 0.717) is 12.1 Å². The minimum Gasteiger partial charge on any atom is -0.312 e. The maximum Gasteiger partial charge on any atom is 0.0340 e. The largest absolute Gasteiger partial charge is 0.312 e. The lowest BCUT2D eigenvalue weighted by Crippen LogP contribution is -2.53. The Labute approximate surface area is 121 Å². The first kappa shape index (κ1) is 14.8. The van der Waals surface area contributed by atoms with Crippen molar-refractivity contribution in [3.63, 3.8) is 0 Å². The molecule has 0 spiro atoms. The molecule has 2 atom stereocenters. The van der Waals surface area contributed by atoms with Crippen LogP contribution in [0.5, 0.6) is 0 Å². The lowest BCUT2D eigenvalue weighted by atomic mass is 9.99. The van der Waals surface area contributed by atoms with Gasteiger partial charge in [0.15, 0.2) is 0 Å². The second-order valence-corrected chi connectivity index (χ2v) is 6.39. The molecule has 4 heteroatoms. The van der Waals surface area contributed by atoms with Crippen LogP contribution in [0.15, 0.2) is 24.5 Å². The van der Waals surface area contributed by atoms with Gasteiger partial charge in [0.2, 0.25) is 0 Å². The molecule has 1 saturated heterocycles. The number of hydrogen-bond acceptors (Lipinski definition) is 4. The Bertz CT molecular complexity index is 358. The molecule has 0 aliphatic carbocycles. The van der Waals surface area contributed by atoms with E-state index < -0.39 is 0 Å². The van der Waals surface area contributed by atoms with Gasteiger partial charge in [0.1, 0.15) is 0 Å². The van der Waals surface area contributed by atoms with Crippen molar-refractivity contribution in [1.29, 1.82) is 0 Å². The fraction of sp³-hybridized carbons (Fsp3) is 0.667. The maximum absolute atomic E-state index is 4.11. The molecule has 1 aliphatic rings. The van der Waals surface area contributed by atoms with Crippen LogP contribution in [0.2, 0.25) is 0 Å². The van der Waals surface area contributed by atoms with Gasteiger partial charge < -0.3 is 10.2 Å². The number of pyridine rings is 1. The van der Waals surface area contributed by atoms with E-state index in [1.165, 1.54) is 30.0 Å². The number of nitrogens with zero attached hydrogens (tertiary/aromatic N) is 2. The van der Waals surface area contributed by atoms with E-state index in [2.05, 4.69) is 53.1 Å². The number of aromatic nitrogens is 1. The van der Waals surface area contributed by atoms with E-state index in [-0.39, 0.29) is 0 Å². The van der Waals surface area contributed by atoms with E-state index in [0.717, 1.165) is 13.0 Å². The summed E-state index contributed by atoms with van der Waals surface area (Å²) >= 11 is 2.09. The third kappa shape index (κ3) is 4.48. The molecule has 2 heterocycles. The highest BCUT2D eigenvalue weighted by Gasteiger charge is 2.27. The van der Waals surface area contributed by atoms with Gasteiger partial charge in [-0.15, -0.1) is 0 Å². The third-order valence-electron chi connectivity index (χ3n) is 3.77. The summed E-state index contributed by atoms with van der Waals surface area (Å²) < 4.78 is 0. The topological polar surface area (TPSA) is 28.2 Å². The lowest BCUT2D eigenvalue weighted by molar-refractivity contribution is 0.213. The Kier molecular flexibility index (Phi) is 6.14. The Morgan fingerprint density at radius 2 is 2.26 bits per heavy atom. The number of thioether (sulfide) groups is 1. The van der Waals surface area contributed by atoms with Crippen molar-refractivity contribution >= 4 is 11.8 Å². The van der Waals surface area contributed by atoms with Crippen LogP contribution in [-0.4, -0.2) is 53.6 Å². The summed E-state index contributed by atoms with van der Waals surface area (Å²) in [6, 6.07) is 5.45. The monoisotopic (exact) mass is 279 g/mol. The van der Waals surface area contributed by atoms with Crippen LogP contribution in [0, 0.1) is 0 Å². The smallest absolute Gasteiger partial charge is 0.0340 e. The molecular formula is C15H25N3S. The SMILES string of the molecule is CCCNC(Cc1ccncc1)C1CSCCN1C. The highest BCUT2D eigenvalue weighted by atomic mass is 32.2. The van der Waals surface area contributed by atoms with Crippen LogP contribution in [0.25, 0.3) is 0 Å². The molecule has 0 amide bonds. The van der Waals surface area contributed by atoms with Crippen LogP contribution in [-0.2, 0) is 6.42 Å². The highest BCUT2D eigenvalue weighted by molar-refractivity contribution is 7.99. The molecule has 0 aromatic carbocycles. The highest BCUT2D eigenvalue weighted by Crippen LogP contribution is 2.19. The van der Waals surface area contributed by atoms with E-state index in [1.807, 2.05) is 12.4 Å². The van der Waals surface area contributed by atoms with Gasteiger partial charge >= 0.3 is 0 Å². The van der Waals surface area contributed by atoms with Crippen LogP contribution < -0.4 is 5.32 Å². The summed E-state index contributed by atoms with van der Waals surface area (Å²) in [5.41, 5.74) is 1.38. The summed E-state index contributed by atoms with van der Waals surface area (Å²) in [4.78, 5) is 6.63. The van der Waals surface area contributed by atoms with Gasteiger partial charge in [-0.05, 0) is 44.1 Å². The second-order valence-electron chi connectivity index (χ2n) is 5.24. The minimum absolute atomic E-state index is 0.542. The standard InChI is InChI=1S/C15H25N3S/c1-3-6-17-14(11-13-4-7-16-8-5-13)15-12-19-10-9-18(15)2/h4-5,7-8,14-15,17H,3,6,9-12H2,1-2H3. The molecule has 0 saturated carbocycles. The van der Waals surface area contributed by atoms with Crippen molar-refractivity contribution in [3.8, 4) is 0 Å². The minimum atomic E-state index is 0.542. The zero-order chi connectivity index (χ0) is 13.5. The first-order valence-electron chi connectivity index (χ1n) is 7.21. The number of rotatable bonds is 6. The fourth-order valence-electron chi connectivity index (χ4n) is 2.58. The molecule has 1 fully saturated rings. The summed E-state index contributed by atoms with van der Waals surface area (Å²) in [6.45, 7) is 4.54. The molecule has 3 nitrogen and oxygen atoms in total. The molecule has 1 aromatic rings. The average Bonchev–Trinajstić information content (AvgIpc) is 2.45. The van der Waals surface area contributed by atoms with Gasteiger partial charge in [0.25, 0.3) is 0 Å². The molecule has 2 unspecified atom stereocenters. The molecule has 106 valence electrons. The van der Waals surface area contributed by atoms with Gasteiger partial charge in [-0.2, -0.15) is 11.8 Å². The Hall–Kier alpha value is -0.580. The molecule has 0 radical (unpaired) electrons. The Morgan fingerprint density at radius 1 is 1.47 bits per heavy atom. The van der Waals surface area contributed by atoms with E-state index in [1.54, 1.807) is 0 Å². The van der Waals surface area contributed by atoms with Crippen LogP contribution in [0.1, 0.15) is 18.9 Å².